The Balaban J connectivity index is 2.00. The van der Waals surface area contributed by atoms with Crippen LogP contribution in [0.4, 0.5) is 11.4 Å². The van der Waals surface area contributed by atoms with E-state index in [1.807, 2.05) is 0 Å². The number of para-hydroxylation sites is 1. The van der Waals surface area contributed by atoms with E-state index in [-0.39, 0.29) is 5.56 Å². The molecule has 0 atom stereocenters. The Labute approximate surface area is 140 Å². The van der Waals surface area contributed by atoms with E-state index in [2.05, 4.69) is 25.9 Å². The SMILES string of the molecule is O=C(O)c1ccccc1Nc1c(Cl)cc(-c2nn[nH]n2)cc1Cl. The van der Waals surface area contributed by atoms with Crippen LogP contribution in [0.2, 0.25) is 10.0 Å². The Bertz CT molecular complexity index is 844. The molecule has 0 aliphatic carbocycles. The molecule has 3 aromatic rings. The molecule has 7 nitrogen and oxygen atoms in total. The molecular weight excluding hydrogens is 341 g/mol. The number of carboxylic acid groups (broad SMARTS) is 1. The Hall–Kier alpha value is -2.64. The van der Waals surface area contributed by atoms with Crippen molar-refractivity contribution in [3.63, 3.8) is 0 Å². The van der Waals surface area contributed by atoms with E-state index in [0.717, 1.165) is 0 Å². The van der Waals surface area contributed by atoms with Gasteiger partial charge in [-0.15, -0.1) is 10.2 Å². The highest BCUT2D eigenvalue weighted by Crippen LogP contribution is 2.37. The van der Waals surface area contributed by atoms with Crippen LogP contribution in [0.1, 0.15) is 10.4 Å². The van der Waals surface area contributed by atoms with Crippen LogP contribution >= 0.6 is 23.2 Å². The number of hydrogen-bond acceptors (Lipinski definition) is 5. The van der Waals surface area contributed by atoms with Crippen LogP contribution in [0.5, 0.6) is 0 Å². The second-order valence-corrected chi connectivity index (χ2v) is 5.34. The number of tetrazole rings is 1. The highest BCUT2D eigenvalue weighted by molar-refractivity contribution is 6.39. The Morgan fingerprint density at radius 2 is 1.87 bits per heavy atom. The van der Waals surface area contributed by atoms with Gasteiger partial charge in [0, 0.05) is 5.56 Å². The third-order valence-electron chi connectivity index (χ3n) is 3.06. The minimum atomic E-state index is -1.05. The van der Waals surface area contributed by atoms with E-state index in [1.165, 1.54) is 6.07 Å². The largest absolute Gasteiger partial charge is 0.478 e. The van der Waals surface area contributed by atoms with E-state index in [1.54, 1.807) is 30.3 Å². The molecule has 116 valence electrons. The number of carboxylic acids is 1. The van der Waals surface area contributed by atoms with Crippen LogP contribution in [0.3, 0.4) is 0 Å². The average molecular weight is 350 g/mol. The van der Waals surface area contributed by atoms with Crippen molar-refractivity contribution in [2.45, 2.75) is 0 Å². The number of carbonyl (C=O) groups is 1. The van der Waals surface area contributed by atoms with Crippen molar-refractivity contribution in [3.05, 3.63) is 52.0 Å². The van der Waals surface area contributed by atoms with Crippen molar-refractivity contribution in [2.75, 3.05) is 5.32 Å². The summed E-state index contributed by atoms with van der Waals surface area (Å²) in [5.74, 6) is -0.699. The summed E-state index contributed by atoms with van der Waals surface area (Å²) in [7, 11) is 0. The molecule has 0 bridgehead atoms. The van der Waals surface area contributed by atoms with Crippen molar-refractivity contribution >= 4 is 40.5 Å². The summed E-state index contributed by atoms with van der Waals surface area (Å²) in [4.78, 5) is 11.3. The maximum atomic E-state index is 11.3. The number of halogens is 2. The summed E-state index contributed by atoms with van der Waals surface area (Å²) >= 11 is 12.5. The molecule has 0 saturated carbocycles. The van der Waals surface area contributed by atoms with Crippen molar-refractivity contribution in [2.24, 2.45) is 0 Å². The third-order valence-corrected chi connectivity index (χ3v) is 3.66. The fraction of sp³-hybridized carbons (Fsp3) is 0. The lowest BCUT2D eigenvalue weighted by Crippen LogP contribution is -2.03. The molecule has 0 spiro atoms. The predicted octanol–water partition coefficient (Wildman–Crippen LogP) is 3.62. The highest BCUT2D eigenvalue weighted by Gasteiger charge is 2.15. The van der Waals surface area contributed by atoms with Gasteiger partial charge >= 0.3 is 5.97 Å². The summed E-state index contributed by atoms with van der Waals surface area (Å²) in [6.07, 6.45) is 0. The fourth-order valence-corrected chi connectivity index (χ4v) is 2.60. The number of hydrogen-bond donors (Lipinski definition) is 3. The number of aromatic carboxylic acids is 1. The molecule has 23 heavy (non-hydrogen) atoms. The molecule has 0 saturated heterocycles. The molecule has 0 radical (unpaired) electrons. The summed E-state index contributed by atoms with van der Waals surface area (Å²) in [5.41, 5.74) is 1.48. The third kappa shape index (κ3) is 3.10. The number of benzene rings is 2. The number of nitrogens with zero attached hydrogens (tertiary/aromatic N) is 3. The molecule has 2 aromatic carbocycles. The van der Waals surface area contributed by atoms with Gasteiger partial charge in [0.1, 0.15) is 0 Å². The normalized spacial score (nSPS) is 10.5. The van der Waals surface area contributed by atoms with Gasteiger partial charge in [0.15, 0.2) is 0 Å². The standard InChI is InChI=1S/C14H9Cl2N5O2/c15-9-5-7(13-18-20-21-19-13)6-10(16)12(9)17-11-4-2-1-3-8(11)14(22)23/h1-6,17H,(H,22,23)(H,18,19,20,21). The van der Waals surface area contributed by atoms with Crippen LogP contribution in [-0.4, -0.2) is 31.7 Å². The number of aromatic amines is 1. The topological polar surface area (TPSA) is 104 Å². The molecule has 0 unspecified atom stereocenters. The first-order valence-corrected chi connectivity index (χ1v) is 7.14. The van der Waals surface area contributed by atoms with Gasteiger partial charge in [-0.1, -0.05) is 35.3 Å². The van der Waals surface area contributed by atoms with E-state index in [9.17, 15) is 9.90 Å². The molecule has 0 aliphatic rings. The maximum absolute atomic E-state index is 11.3. The molecule has 3 N–H and O–H groups in total. The van der Waals surface area contributed by atoms with Crippen molar-refractivity contribution in [1.82, 2.24) is 20.6 Å². The zero-order valence-corrected chi connectivity index (χ0v) is 12.9. The van der Waals surface area contributed by atoms with E-state index >= 15 is 0 Å². The van der Waals surface area contributed by atoms with Crippen molar-refractivity contribution in [3.8, 4) is 11.4 Å². The van der Waals surface area contributed by atoms with Gasteiger partial charge in [0.05, 0.1) is 27.0 Å². The molecule has 0 fully saturated rings. The molecule has 9 heteroatoms. The number of anilines is 2. The molecular formula is C14H9Cl2N5O2. The predicted molar refractivity (Wildman–Crippen MR) is 86.3 cm³/mol. The first-order chi connectivity index (χ1) is 11.1. The van der Waals surface area contributed by atoms with Gasteiger partial charge in [-0.3, -0.25) is 0 Å². The van der Waals surface area contributed by atoms with Crippen molar-refractivity contribution in [1.29, 1.82) is 0 Å². The van der Waals surface area contributed by atoms with E-state index in [4.69, 9.17) is 23.2 Å². The molecule has 0 amide bonds. The zero-order valence-electron chi connectivity index (χ0n) is 11.4. The van der Waals surface area contributed by atoms with Crippen LogP contribution in [-0.2, 0) is 0 Å². The monoisotopic (exact) mass is 349 g/mol. The second kappa shape index (κ2) is 6.23. The van der Waals surface area contributed by atoms with Crippen LogP contribution < -0.4 is 5.32 Å². The number of rotatable bonds is 4. The number of H-pyrrole nitrogens is 1. The van der Waals surface area contributed by atoms with Gasteiger partial charge in [-0.05, 0) is 29.5 Å². The number of aromatic nitrogens is 4. The maximum Gasteiger partial charge on any atom is 0.337 e. The van der Waals surface area contributed by atoms with Gasteiger partial charge < -0.3 is 10.4 Å². The van der Waals surface area contributed by atoms with E-state index < -0.39 is 5.97 Å². The lowest BCUT2D eigenvalue weighted by atomic mass is 10.1. The highest BCUT2D eigenvalue weighted by atomic mass is 35.5. The lowest BCUT2D eigenvalue weighted by Gasteiger charge is -2.13. The Kier molecular flexibility index (Phi) is 4.14. The molecule has 0 aliphatic heterocycles. The lowest BCUT2D eigenvalue weighted by molar-refractivity contribution is 0.0698. The Morgan fingerprint density at radius 3 is 2.48 bits per heavy atom. The number of nitrogens with one attached hydrogen (secondary N) is 2. The molecule has 1 aromatic heterocycles. The molecule has 3 rings (SSSR count). The van der Waals surface area contributed by atoms with Crippen molar-refractivity contribution < 1.29 is 9.90 Å². The van der Waals surface area contributed by atoms with Gasteiger partial charge in [0.25, 0.3) is 0 Å². The van der Waals surface area contributed by atoms with Crippen LogP contribution in [0.15, 0.2) is 36.4 Å². The quantitative estimate of drug-likeness (QED) is 0.664. The summed E-state index contributed by atoms with van der Waals surface area (Å²) in [6, 6.07) is 9.69. The minimum Gasteiger partial charge on any atom is -0.478 e. The average Bonchev–Trinajstić information content (AvgIpc) is 3.05. The summed E-state index contributed by atoms with van der Waals surface area (Å²) in [5, 5.41) is 26.3. The van der Waals surface area contributed by atoms with Crippen LogP contribution in [0.25, 0.3) is 11.4 Å². The van der Waals surface area contributed by atoms with Gasteiger partial charge in [0.2, 0.25) is 5.82 Å². The van der Waals surface area contributed by atoms with Gasteiger partial charge in [-0.2, -0.15) is 5.21 Å². The summed E-state index contributed by atoms with van der Waals surface area (Å²) in [6.45, 7) is 0. The van der Waals surface area contributed by atoms with E-state index in [0.29, 0.717) is 32.8 Å². The minimum absolute atomic E-state index is 0.113. The Morgan fingerprint density at radius 1 is 1.17 bits per heavy atom. The summed E-state index contributed by atoms with van der Waals surface area (Å²) < 4.78 is 0. The first kappa shape index (κ1) is 15.3. The second-order valence-electron chi connectivity index (χ2n) is 4.53. The van der Waals surface area contributed by atoms with Gasteiger partial charge in [-0.25, -0.2) is 4.79 Å². The first-order valence-electron chi connectivity index (χ1n) is 6.38. The smallest absolute Gasteiger partial charge is 0.337 e. The molecule has 1 heterocycles. The van der Waals surface area contributed by atoms with Crippen LogP contribution in [0, 0.1) is 0 Å². The zero-order chi connectivity index (χ0) is 16.4. The fourth-order valence-electron chi connectivity index (χ4n) is 2.02.